The van der Waals surface area contributed by atoms with Crippen LogP contribution in [0, 0.1) is 23.7 Å². The molecule has 0 unspecified atom stereocenters. The summed E-state index contributed by atoms with van der Waals surface area (Å²) in [6, 6.07) is 0. The molecule has 0 aromatic heterocycles. The van der Waals surface area contributed by atoms with E-state index in [2.05, 4.69) is 4.90 Å². The molecule has 0 spiro atoms. The summed E-state index contributed by atoms with van der Waals surface area (Å²) in [4.78, 5) is 28.6. The summed E-state index contributed by atoms with van der Waals surface area (Å²) in [5.74, 6) is 3.21. The van der Waals surface area contributed by atoms with E-state index in [9.17, 15) is 9.59 Å². The normalized spacial score (nSPS) is 35.6. The number of piperidine rings is 1. The summed E-state index contributed by atoms with van der Waals surface area (Å²) < 4.78 is 0. The molecule has 2 aliphatic carbocycles. The van der Waals surface area contributed by atoms with Gasteiger partial charge in [0.05, 0.1) is 0 Å². The molecule has 2 saturated heterocycles. The van der Waals surface area contributed by atoms with Crippen LogP contribution in [0.25, 0.3) is 0 Å². The van der Waals surface area contributed by atoms with Crippen LogP contribution in [0.2, 0.25) is 0 Å². The Balaban J connectivity index is 1.25. The maximum atomic E-state index is 12.7. The van der Waals surface area contributed by atoms with Crippen LogP contribution >= 0.6 is 0 Å². The highest BCUT2D eigenvalue weighted by molar-refractivity contribution is 5.82. The maximum absolute atomic E-state index is 12.7. The van der Waals surface area contributed by atoms with Crippen molar-refractivity contribution in [3.8, 4) is 0 Å². The predicted molar refractivity (Wildman–Crippen MR) is 84.1 cm³/mol. The van der Waals surface area contributed by atoms with E-state index in [0.717, 1.165) is 63.7 Å². The molecule has 2 amide bonds. The second-order valence-corrected chi connectivity index (χ2v) is 7.85. The van der Waals surface area contributed by atoms with Gasteiger partial charge in [-0.1, -0.05) is 12.8 Å². The number of hydrogen-bond acceptors (Lipinski definition) is 2. The molecule has 4 fully saturated rings. The van der Waals surface area contributed by atoms with Gasteiger partial charge in [0.2, 0.25) is 11.8 Å². The van der Waals surface area contributed by atoms with Crippen molar-refractivity contribution in [1.82, 2.24) is 9.80 Å². The molecule has 0 bridgehead atoms. The molecule has 2 saturated carbocycles. The molecular formula is C18H28N2O2. The minimum absolute atomic E-state index is 0.334. The number of carbonyl (C=O) groups excluding carboxylic acids is 2. The van der Waals surface area contributed by atoms with Gasteiger partial charge in [-0.05, 0) is 49.9 Å². The molecule has 122 valence electrons. The Bertz CT molecular complexity index is 444. The van der Waals surface area contributed by atoms with E-state index in [-0.39, 0.29) is 0 Å². The van der Waals surface area contributed by atoms with E-state index in [1.54, 1.807) is 0 Å². The van der Waals surface area contributed by atoms with E-state index >= 15 is 0 Å². The minimum Gasteiger partial charge on any atom is -0.342 e. The van der Waals surface area contributed by atoms with Gasteiger partial charge < -0.3 is 9.80 Å². The molecule has 4 aliphatic rings. The molecule has 22 heavy (non-hydrogen) atoms. The Morgan fingerprint density at radius 3 is 2.23 bits per heavy atom. The van der Waals surface area contributed by atoms with Gasteiger partial charge in [0.15, 0.2) is 0 Å². The van der Waals surface area contributed by atoms with E-state index in [0.29, 0.717) is 23.7 Å². The third-order valence-electron chi connectivity index (χ3n) is 6.52. The van der Waals surface area contributed by atoms with Crippen LogP contribution in [0.1, 0.15) is 51.4 Å². The van der Waals surface area contributed by atoms with Crippen molar-refractivity contribution in [3.63, 3.8) is 0 Å². The highest BCUT2D eigenvalue weighted by Gasteiger charge is 2.55. The van der Waals surface area contributed by atoms with Gasteiger partial charge in [0.25, 0.3) is 0 Å². The smallest absolute Gasteiger partial charge is 0.226 e. The van der Waals surface area contributed by atoms with Crippen molar-refractivity contribution < 1.29 is 9.59 Å². The molecule has 2 aliphatic heterocycles. The van der Waals surface area contributed by atoms with Gasteiger partial charge in [-0.25, -0.2) is 0 Å². The number of carbonyl (C=O) groups is 2. The SMILES string of the molecule is O=C1CCCN1CC1CCN(C(=O)C2[C@@H]3CCCC[C@@H]23)CC1. The van der Waals surface area contributed by atoms with Crippen LogP contribution in [0.3, 0.4) is 0 Å². The molecule has 2 atom stereocenters. The van der Waals surface area contributed by atoms with Crippen molar-refractivity contribution >= 4 is 11.8 Å². The molecule has 0 aromatic rings. The fourth-order valence-electron chi connectivity index (χ4n) is 5.11. The molecule has 4 rings (SSSR count). The third kappa shape index (κ3) is 2.65. The van der Waals surface area contributed by atoms with Gasteiger partial charge in [-0.15, -0.1) is 0 Å². The van der Waals surface area contributed by atoms with Crippen molar-refractivity contribution in [2.24, 2.45) is 23.7 Å². The standard InChI is InChI=1S/C18H28N2O2/c21-16-6-3-9-20(16)12-13-7-10-19(11-8-13)18(22)17-14-4-1-2-5-15(14)17/h13-15,17H,1-12H2/t14-,15-/m1/s1. The molecule has 0 N–H and O–H groups in total. The Morgan fingerprint density at radius 1 is 0.955 bits per heavy atom. The first-order valence-corrected chi connectivity index (χ1v) is 9.30. The van der Waals surface area contributed by atoms with Crippen LogP contribution in [0.5, 0.6) is 0 Å². The van der Waals surface area contributed by atoms with Crippen LogP contribution < -0.4 is 0 Å². The Kier molecular flexibility index (Phi) is 3.87. The summed E-state index contributed by atoms with van der Waals surface area (Å²) in [7, 11) is 0. The number of fused-ring (bicyclic) bond motifs is 1. The molecule has 4 nitrogen and oxygen atoms in total. The number of amides is 2. The fraction of sp³-hybridized carbons (Fsp3) is 0.889. The zero-order chi connectivity index (χ0) is 15.1. The summed E-state index contributed by atoms with van der Waals surface area (Å²) >= 11 is 0. The Morgan fingerprint density at radius 2 is 1.64 bits per heavy atom. The second-order valence-electron chi connectivity index (χ2n) is 7.85. The Hall–Kier alpha value is -1.06. The van der Waals surface area contributed by atoms with Crippen LogP contribution in [0.4, 0.5) is 0 Å². The van der Waals surface area contributed by atoms with Gasteiger partial charge >= 0.3 is 0 Å². The quantitative estimate of drug-likeness (QED) is 0.802. The lowest BCUT2D eigenvalue weighted by molar-refractivity contribution is -0.135. The van der Waals surface area contributed by atoms with Gasteiger partial charge in [0.1, 0.15) is 0 Å². The highest BCUT2D eigenvalue weighted by Crippen LogP contribution is 2.56. The van der Waals surface area contributed by atoms with E-state index < -0.39 is 0 Å². The number of rotatable bonds is 3. The first-order valence-electron chi connectivity index (χ1n) is 9.30. The van der Waals surface area contributed by atoms with Crippen LogP contribution in [-0.4, -0.2) is 47.8 Å². The monoisotopic (exact) mass is 304 g/mol. The highest BCUT2D eigenvalue weighted by atomic mass is 16.2. The molecular weight excluding hydrogens is 276 g/mol. The van der Waals surface area contributed by atoms with Crippen molar-refractivity contribution in [1.29, 1.82) is 0 Å². The van der Waals surface area contributed by atoms with Crippen molar-refractivity contribution in [2.75, 3.05) is 26.2 Å². The van der Waals surface area contributed by atoms with E-state index in [1.807, 2.05) is 4.90 Å². The average Bonchev–Trinajstić information content (AvgIpc) is 3.15. The van der Waals surface area contributed by atoms with Crippen LogP contribution in [-0.2, 0) is 9.59 Å². The average molecular weight is 304 g/mol. The Labute approximate surface area is 133 Å². The second kappa shape index (κ2) is 5.86. The lowest BCUT2D eigenvalue weighted by atomic mass is 9.96. The fourth-order valence-corrected chi connectivity index (χ4v) is 5.11. The zero-order valence-corrected chi connectivity index (χ0v) is 13.5. The van der Waals surface area contributed by atoms with Gasteiger partial charge in [-0.3, -0.25) is 9.59 Å². The largest absolute Gasteiger partial charge is 0.342 e. The van der Waals surface area contributed by atoms with Crippen LogP contribution in [0.15, 0.2) is 0 Å². The topological polar surface area (TPSA) is 40.6 Å². The van der Waals surface area contributed by atoms with E-state index in [4.69, 9.17) is 0 Å². The molecule has 0 radical (unpaired) electrons. The number of hydrogen-bond donors (Lipinski definition) is 0. The molecule has 0 aromatic carbocycles. The number of nitrogens with zero attached hydrogens (tertiary/aromatic N) is 2. The summed E-state index contributed by atoms with van der Waals surface area (Å²) in [5, 5.41) is 0. The lowest BCUT2D eigenvalue weighted by Crippen LogP contribution is -2.42. The zero-order valence-electron chi connectivity index (χ0n) is 13.5. The first-order chi connectivity index (χ1) is 10.7. The third-order valence-corrected chi connectivity index (χ3v) is 6.52. The van der Waals surface area contributed by atoms with Crippen molar-refractivity contribution in [2.45, 2.75) is 51.4 Å². The van der Waals surface area contributed by atoms with Gasteiger partial charge in [0, 0.05) is 38.5 Å². The van der Waals surface area contributed by atoms with E-state index in [1.165, 1.54) is 25.7 Å². The first kappa shape index (κ1) is 14.5. The summed E-state index contributed by atoms with van der Waals surface area (Å²) in [6.07, 6.45) is 9.16. The maximum Gasteiger partial charge on any atom is 0.226 e. The summed E-state index contributed by atoms with van der Waals surface area (Å²) in [6.45, 7) is 3.71. The molecule has 2 heterocycles. The number of likely N-dealkylation sites (tertiary alicyclic amines) is 2. The lowest BCUT2D eigenvalue weighted by Gasteiger charge is -2.34. The molecule has 4 heteroatoms. The predicted octanol–water partition coefficient (Wildman–Crippen LogP) is 2.28. The van der Waals surface area contributed by atoms with Gasteiger partial charge in [-0.2, -0.15) is 0 Å². The van der Waals surface area contributed by atoms with Crippen molar-refractivity contribution in [3.05, 3.63) is 0 Å². The summed E-state index contributed by atoms with van der Waals surface area (Å²) in [5.41, 5.74) is 0. The minimum atomic E-state index is 0.334.